The van der Waals surface area contributed by atoms with E-state index >= 15 is 0 Å². The molecule has 3 N–H and O–H groups in total. The molecule has 0 fully saturated rings. The highest BCUT2D eigenvalue weighted by molar-refractivity contribution is 5.86. The Morgan fingerprint density at radius 1 is 1.32 bits per heavy atom. The smallest absolute Gasteiger partial charge is 0.0486 e. The summed E-state index contributed by atoms with van der Waals surface area (Å²) in [4.78, 5) is 0. The molecule has 0 saturated heterocycles. The quantitative estimate of drug-likeness (QED) is 0.883. The number of nitrogens with two attached hydrogens (primary N) is 1. The van der Waals surface area contributed by atoms with Crippen molar-refractivity contribution >= 4 is 10.9 Å². The number of hydrogen-bond donors (Lipinski definition) is 2. The molecular weight excluding hydrogens is 234 g/mol. The van der Waals surface area contributed by atoms with Crippen LogP contribution in [0, 0.1) is 5.92 Å². The van der Waals surface area contributed by atoms with Gasteiger partial charge in [0, 0.05) is 36.7 Å². The lowest BCUT2D eigenvalue weighted by atomic mass is 9.99. The first-order valence-electron chi connectivity index (χ1n) is 7.27. The van der Waals surface area contributed by atoms with Gasteiger partial charge in [0.25, 0.3) is 0 Å². The molecule has 1 aliphatic rings. The lowest BCUT2D eigenvalue weighted by Crippen LogP contribution is -2.12. The van der Waals surface area contributed by atoms with E-state index in [0.717, 1.165) is 32.6 Å². The summed E-state index contributed by atoms with van der Waals surface area (Å²) in [6.07, 6.45) is 3.39. The molecule has 3 heteroatoms. The van der Waals surface area contributed by atoms with E-state index in [2.05, 4.69) is 42.1 Å². The van der Waals surface area contributed by atoms with Gasteiger partial charge in [0.1, 0.15) is 0 Å². The average Bonchev–Trinajstić information content (AvgIpc) is 3.00. The molecule has 19 heavy (non-hydrogen) atoms. The molecule has 2 heterocycles. The van der Waals surface area contributed by atoms with Crippen LogP contribution >= 0.6 is 0 Å². The summed E-state index contributed by atoms with van der Waals surface area (Å²) in [5.41, 5.74) is 11.5. The summed E-state index contributed by atoms with van der Waals surface area (Å²) < 4.78 is 2.37. The minimum absolute atomic E-state index is 0.544. The van der Waals surface area contributed by atoms with Gasteiger partial charge in [-0.15, -0.1) is 0 Å². The zero-order valence-corrected chi connectivity index (χ0v) is 11.9. The first kappa shape index (κ1) is 12.7. The Bertz CT molecular complexity index is 598. The predicted octanol–water partition coefficient (Wildman–Crippen LogP) is 2.40. The normalized spacial score (nSPS) is 15.9. The van der Waals surface area contributed by atoms with Gasteiger partial charge in [0.15, 0.2) is 0 Å². The summed E-state index contributed by atoms with van der Waals surface area (Å²) in [7, 11) is 0. The van der Waals surface area contributed by atoms with Gasteiger partial charge in [-0.3, -0.25) is 0 Å². The maximum absolute atomic E-state index is 5.78. The summed E-state index contributed by atoms with van der Waals surface area (Å²) in [5.74, 6) is 0.544. The molecular formula is C16H23N3. The van der Waals surface area contributed by atoms with E-state index in [9.17, 15) is 0 Å². The molecule has 0 aliphatic carbocycles. The molecule has 0 bridgehead atoms. The highest BCUT2D eigenvalue weighted by Crippen LogP contribution is 2.29. The summed E-state index contributed by atoms with van der Waals surface area (Å²) >= 11 is 0. The summed E-state index contributed by atoms with van der Waals surface area (Å²) in [5, 5.41) is 4.85. The van der Waals surface area contributed by atoms with Crippen molar-refractivity contribution in [3.8, 4) is 0 Å². The third-order valence-electron chi connectivity index (χ3n) is 4.23. The Labute approximate surface area is 114 Å². The molecule has 2 aromatic rings. The third kappa shape index (κ3) is 2.17. The molecule has 1 aromatic heterocycles. The number of fused-ring (bicyclic) bond motifs is 2. The van der Waals surface area contributed by atoms with Crippen LogP contribution in [0.25, 0.3) is 10.9 Å². The van der Waals surface area contributed by atoms with Gasteiger partial charge in [-0.1, -0.05) is 6.92 Å². The maximum atomic E-state index is 5.78. The topological polar surface area (TPSA) is 43.0 Å². The van der Waals surface area contributed by atoms with E-state index in [0.29, 0.717) is 5.92 Å². The Hall–Kier alpha value is -1.32. The Morgan fingerprint density at radius 2 is 2.05 bits per heavy atom. The van der Waals surface area contributed by atoms with Crippen molar-refractivity contribution in [2.24, 2.45) is 11.7 Å². The summed E-state index contributed by atoms with van der Waals surface area (Å²) in [6, 6.07) is 4.75. The minimum atomic E-state index is 0.544. The van der Waals surface area contributed by atoms with E-state index < -0.39 is 0 Å². The molecule has 1 aliphatic heterocycles. The number of nitrogens with one attached hydrogen (secondary N) is 1. The second kappa shape index (κ2) is 4.99. The SMILES string of the molecule is CCn1cc(CC(C)CN)c2cc3c(cc21)CNC3. The van der Waals surface area contributed by atoms with Crippen molar-refractivity contribution in [1.82, 2.24) is 9.88 Å². The second-order valence-corrected chi connectivity index (χ2v) is 5.73. The second-order valence-electron chi connectivity index (χ2n) is 5.73. The molecule has 0 radical (unpaired) electrons. The fourth-order valence-corrected chi connectivity index (χ4v) is 3.04. The van der Waals surface area contributed by atoms with E-state index in [-0.39, 0.29) is 0 Å². The average molecular weight is 257 g/mol. The van der Waals surface area contributed by atoms with Gasteiger partial charge in [-0.25, -0.2) is 0 Å². The zero-order valence-electron chi connectivity index (χ0n) is 11.9. The van der Waals surface area contributed by atoms with Crippen LogP contribution in [0.1, 0.15) is 30.5 Å². The predicted molar refractivity (Wildman–Crippen MR) is 80.1 cm³/mol. The number of aromatic nitrogens is 1. The van der Waals surface area contributed by atoms with E-state index in [1.807, 2.05) is 0 Å². The first-order chi connectivity index (χ1) is 9.22. The highest BCUT2D eigenvalue weighted by atomic mass is 15.0. The summed E-state index contributed by atoms with van der Waals surface area (Å²) in [6.45, 7) is 8.24. The number of nitrogens with zero attached hydrogens (tertiary/aromatic N) is 1. The monoisotopic (exact) mass is 257 g/mol. The lowest BCUT2D eigenvalue weighted by molar-refractivity contribution is 0.593. The van der Waals surface area contributed by atoms with Crippen molar-refractivity contribution in [3.05, 3.63) is 35.0 Å². The zero-order chi connectivity index (χ0) is 13.4. The Balaban J connectivity index is 2.12. The maximum Gasteiger partial charge on any atom is 0.0486 e. The van der Waals surface area contributed by atoms with Crippen molar-refractivity contribution in [2.75, 3.05) is 6.54 Å². The number of hydrogen-bond acceptors (Lipinski definition) is 2. The molecule has 1 aromatic carbocycles. The van der Waals surface area contributed by atoms with Gasteiger partial charge < -0.3 is 15.6 Å². The molecule has 3 rings (SSSR count). The fraction of sp³-hybridized carbons (Fsp3) is 0.500. The van der Waals surface area contributed by atoms with E-state index in [1.54, 1.807) is 0 Å². The van der Waals surface area contributed by atoms with Crippen molar-refractivity contribution in [2.45, 2.75) is 39.9 Å². The standard InChI is InChI=1S/C16H23N3/c1-3-19-10-14(4-11(2)7-17)15-5-12-8-18-9-13(12)6-16(15)19/h5-6,10-11,18H,3-4,7-9,17H2,1-2H3. The van der Waals surface area contributed by atoms with Gasteiger partial charge in [0.05, 0.1) is 0 Å². The molecule has 0 amide bonds. The highest BCUT2D eigenvalue weighted by Gasteiger charge is 2.16. The largest absolute Gasteiger partial charge is 0.347 e. The van der Waals surface area contributed by atoms with Gasteiger partial charge >= 0.3 is 0 Å². The molecule has 0 saturated carbocycles. The molecule has 3 nitrogen and oxygen atoms in total. The molecule has 1 unspecified atom stereocenters. The van der Waals surface area contributed by atoms with Crippen LogP contribution in [-0.4, -0.2) is 11.1 Å². The fourth-order valence-electron chi connectivity index (χ4n) is 3.04. The minimum Gasteiger partial charge on any atom is -0.347 e. The number of benzene rings is 1. The number of rotatable bonds is 4. The van der Waals surface area contributed by atoms with Gasteiger partial charge in [0.2, 0.25) is 0 Å². The Kier molecular flexibility index (Phi) is 3.33. The molecule has 0 spiro atoms. The first-order valence-corrected chi connectivity index (χ1v) is 7.27. The van der Waals surface area contributed by atoms with Crippen LogP contribution in [0.2, 0.25) is 0 Å². The van der Waals surface area contributed by atoms with Crippen molar-refractivity contribution < 1.29 is 0 Å². The van der Waals surface area contributed by atoms with Crippen LogP contribution in [0.5, 0.6) is 0 Å². The number of aryl methyl sites for hydroxylation is 1. The lowest BCUT2D eigenvalue weighted by Gasteiger charge is -2.07. The Morgan fingerprint density at radius 3 is 2.74 bits per heavy atom. The van der Waals surface area contributed by atoms with Crippen molar-refractivity contribution in [3.63, 3.8) is 0 Å². The van der Waals surface area contributed by atoms with Gasteiger partial charge in [-0.2, -0.15) is 0 Å². The van der Waals surface area contributed by atoms with Crippen LogP contribution in [0.3, 0.4) is 0 Å². The van der Waals surface area contributed by atoms with E-state index in [4.69, 9.17) is 5.73 Å². The van der Waals surface area contributed by atoms with Crippen LogP contribution < -0.4 is 11.1 Å². The van der Waals surface area contributed by atoms with Crippen LogP contribution in [-0.2, 0) is 26.1 Å². The van der Waals surface area contributed by atoms with Crippen LogP contribution in [0.4, 0.5) is 0 Å². The molecule has 1 atom stereocenters. The van der Waals surface area contributed by atoms with E-state index in [1.165, 1.54) is 27.6 Å². The third-order valence-corrected chi connectivity index (χ3v) is 4.23. The van der Waals surface area contributed by atoms with Crippen molar-refractivity contribution in [1.29, 1.82) is 0 Å². The van der Waals surface area contributed by atoms with Crippen LogP contribution in [0.15, 0.2) is 18.3 Å². The van der Waals surface area contributed by atoms with Gasteiger partial charge in [-0.05, 0) is 54.6 Å². The molecule has 102 valence electrons.